The van der Waals surface area contributed by atoms with Crippen LogP contribution in [0.5, 0.6) is 0 Å². The second-order valence-electron chi connectivity index (χ2n) is 10.4. The van der Waals surface area contributed by atoms with Gasteiger partial charge >= 0.3 is 0 Å². The van der Waals surface area contributed by atoms with Crippen molar-refractivity contribution in [3.8, 4) is 6.07 Å². The maximum Gasteiger partial charge on any atom is 0.263 e. The normalized spacial score (nSPS) is 26.7. The van der Waals surface area contributed by atoms with E-state index in [0.717, 1.165) is 13.1 Å². The summed E-state index contributed by atoms with van der Waals surface area (Å²) >= 11 is 0. The van der Waals surface area contributed by atoms with Gasteiger partial charge in [-0.3, -0.25) is 19.4 Å². The Labute approximate surface area is 202 Å². The van der Waals surface area contributed by atoms with Gasteiger partial charge in [-0.2, -0.15) is 5.26 Å². The first-order valence-electron chi connectivity index (χ1n) is 12.4. The summed E-state index contributed by atoms with van der Waals surface area (Å²) in [4.78, 5) is 20.4. The molecule has 184 valence electrons. The minimum atomic E-state index is -3.69. The number of nitrogens with zero attached hydrogens (tertiary/aromatic N) is 3. The summed E-state index contributed by atoms with van der Waals surface area (Å²) in [6.45, 7) is 6.28. The van der Waals surface area contributed by atoms with Gasteiger partial charge in [0.05, 0.1) is 11.0 Å². The van der Waals surface area contributed by atoms with Crippen LogP contribution >= 0.6 is 0 Å². The molecule has 1 saturated heterocycles. The number of nitrogens with one attached hydrogen (secondary N) is 2. The van der Waals surface area contributed by atoms with E-state index in [1.54, 1.807) is 18.2 Å². The first-order valence-corrected chi connectivity index (χ1v) is 13.9. The summed E-state index contributed by atoms with van der Waals surface area (Å²) in [5, 5.41) is 13.0. The number of likely N-dealkylation sites (tertiary alicyclic amines) is 1. The van der Waals surface area contributed by atoms with Gasteiger partial charge in [0.1, 0.15) is 17.4 Å². The maximum absolute atomic E-state index is 13.4. The lowest BCUT2D eigenvalue weighted by Crippen LogP contribution is -2.52. The summed E-state index contributed by atoms with van der Waals surface area (Å²) in [6, 6.07) is 8.21. The van der Waals surface area contributed by atoms with E-state index in [0.29, 0.717) is 30.9 Å². The van der Waals surface area contributed by atoms with Gasteiger partial charge in [0.2, 0.25) is 5.91 Å². The van der Waals surface area contributed by atoms with Crippen molar-refractivity contribution in [3.05, 3.63) is 29.8 Å². The number of fused-ring (bicyclic) bond motifs is 1. The van der Waals surface area contributed by atoms with E-state index in [-0.39, 0.29) is 22.6 Å². The molecule has 2 fully saturated rings. The van der Waals surface area contributed by atoms with Crippen molar-refractivity contribution in [1.29, 1.82) is 5.26 Å². The average Bonchev–Trinajstić information content (AvgIpc) is 3.32. The quantitative estimate of drug-likeness (QED) is 0.616. The van der Waals surface area contributed by atoms with Crippen LogP contribution in [0.15, 0.2) is 34.2 Å². The second kappa shape index (κ2) is 10.0. The van der Waals surface area contributed by atoms with Gasteiger partial charge < -0.3 is 5.32 Å². The molecule has 2 N–H and O–H groups in total. The van der Waals surface area contributed by atoms with Gasteiger partial charge in [-0.1, -0.05) is 45.2 Å². The lowest BCUT2D eigenvalue weighted by molar-refractivity contribution is -0.123. The summed E-state index contributed by atoms with van der Waals surface area (Å²) in [5.74, 6) is 0.700. The van der Waals surface area contributed by atoms with Crippen LogP contribution in [0.25, 0.3) is 0 Å². The van der Waals surface area contributed by atoms with Gasteiger partial charge in [0.15, 0.2) is 0 Å². The number of rotatable bonds is 7. The Bertz CT molecular complexity index is 1090. The topological polar surface area (TPSA) is 115 Å². The fourth-order valence-corrected chi connectivity index (χ4v) is 6.61. The number of amides is 1. The third-order valence-electron chi connectivity index (χ3n) is 7.11. The number of hydrogen-bond donors (Lipinski definition) is 2. The lowest BCUT2D eigenvalue weighted by Gasteiger charge is -2.29. The van der Waals surface area contributed by atoms with E-state index in [2.05, 4.69) is 26.0 Å². The van der Waals surface area contributed by atoms with Crippen molar-refractivity contribution in [1.82, 2.24) is 14.9 Å². The Morgan fingerprint density at radius 2 is 2.03 bits per heavy atom. The Morgan fingerprint density at radius 3 is 2.74 bits per heavy atom. The third kappa shape index (κ3) is 5.44. The highest BCUT2D eigenvalue weighted by molar-refractivity contribution is 7.90. The maximum atomic E-state index is 13.4. The zero-order valence-corrected chi connectivity index (χ0v) is 20.9. The number of carbonyl (C=O) groups excluding carboxylic acids is 1. The molecule has 1 aliphatic carbocycles. The number of aliphatic imine (C=N–C) groups is 1. The highest BCUT2D eigenvalue weighted by Gasteiger charge is 2.42. The molecule has 4 rings (SSSR count). The average molecular weight is 486 g/mol. The molecule has 2 heterocycles. The molecule has 0 radical (unpaired) electrons. The van der Waals surface area contributed by atoms with Crippen LogP contribution in [0.1, 0.15) is 64.4 Å². The summed E-state index contributed by atoms with van der Waals surface area (Å²) in [5.41, 5.74) is -0.465. The molecule has 2 unspecified atom stereocenters. The van der Waals surface area contributed by atoms with Crippen LogP contribution in [-0.4, -0.2) is 56.3 Å². The number of benzene rings is 1. The van der Waals surface area contributed by atoms with Gasteiger partial charge in [0.25, 0.3) is 10.0 Å². The fourth-order valence-electron chi connectivity index (χ4n) is 5.37. The molecule has 0 spiro atoms. The number of carbonyl (C=O) groups is 1. The third-order valence-corrected chi connectivity index (χ3v) is 8.51. The molecule has 2 aliphatic heterocycles. The Kier molecular flexibility index (Phi) is 7.29. The Balaban J connectivity index is 1.50. The zero-order valence-electron chi connectivity index (χ0n) is 20.1. The summed E-state index contributed by atoms with van der Waals surface area (Å²) < 4.78 is 27.4. The Morgan fingerprint density at radius 1 is 1.29 bits per heavy atom. The molecular weight excluding hydrogens is 450 g/mol. The SMILES string of the molecule is CC(C)CC(N=C1NS(=O)(=O)c2ccccc21)C(=O)NC1(C#N)CCN(CC2CCCCC2)C1. The molecule has 0 aromatic heterocycles. The van der Waals surface area contributed by atoms with E-state index in [9.17, 15) is 18.5 Å². The first kappa shape index (κ1) is 24.7. The van der Waals surface area contributed by atoms with E-state index < -0.39 is 21.6 Å². The molecular formula is C25H35N5O3S. The molecule has 2 atom stereocenters. The largest absolute Gasteiger partial charge is 0.335 e. The second-order valence-corrected chi connectivity index (χ2v) is 12.0. The van der Waals surface area contributed by atoms with E-state index in [4.69, 9.17) is 0 Å². The highest BCUT2D eigenvalue weighted by atomic mass is 32.2. The molecule has 0 bridgehead atoms. The van der Waals surface area contributed by atoms with Gasteiger partial charge in [-0.05, 0) is 49.7 Å². The van der Waals surface area contributed by atoms with Crippen molar-refractivity contribution in [3.63, 3.8) is 0 Å². The number of hydrogen-bond acceptors (Lipinski definition) is 6. The van der Waals surface area contributed by atoms with Gasteiger partial charge in [-0.15, -0.1) is 0 Å². The fraction of sp³-hybridized carbons (Fsp3) is 0.640. The van der Waals surface area contributed by atoms with Crippen molar-refractivity contribution in [2.24, 2.45) is 16.8 Å². The lowest BCUT2D eigenvalue weighted by atomic mass is 9.89. The zero-order chi connectivity index (χ0) is 24.3. The molecule has 34 heavy (non-hydrogen) atoms. The van der Waals surface area contributed by atoms with Crippen molar-refractivity contribution in [2.75, 3.05) is 19.6 Å². The molecule has 1 aromatic rings. The molecule has 3 aliphatic rings. The minimum absolute atomic E-state index is 0.165. The van der Waals surface area contributed by atoms with Crippen molar-refractivity contribution >= 4 is 21.8 Å². The van der Waals surface area contributed by atoms with Crippen molar-refractivity contribution < 1.29 is 13.2 Å². The van der Waals surface area contributed by atoms with Crippen LogP contribution in [0, 0.1) is 23.2 Å². The van der Waals surface area contributed by atoms with Crippen LogP contribution in [-0.2, 0) is 14.8 Å². The van der Waals surface area contributed by atoms with Gasteiger partial charge in [-0.25, -0.2) is 8.42 Å². The number of sulfonamides is 1. The van der Waals surface area contributed by atoms with Crippen LogP contribution in [0.2, 0.25) is 0 Å². The van der Waals surface area contributed by atoms with Crippen LogP contribution in [0.3, 0.4) is 0 Å². The Hall–Kier alpha value is -2.44. The molecule has 9 heteroatoms. The monoisotopic (exact) mass is 485 g/mol. The predicted octanol–water partition coefficient (Wildman–Crippen LogP) is 2.80. The molecule has 8 nitrogen and oxygen atoms in total. The van der Waals surface area contributed by atoms with Crippen LogP contribution < -0.4 is 10.0 Å². The molecule has 1 saturated carbocycles. The molecule has 1 amide bonds. The summed E-state index contributed by atoms with van der Waals surface area (Å²) in [6.07, 6.45) is 7.40. The van der Waals surface area contributed by atoms with Gasteiger partial charge in [0, 0.05) is 25.2 Å². The van der Waals surface area contributed by atoms with E-state index >= 15 is 0 Å². The predicted molar refractivity (Wildman–Crippen MR) is 131 cm³/mol. The first-order chi connectivity index (χ1) is 16.2. The standard InChI is InChI=1S/C25H35N5O3S/c1-18(2)14-21(27-23-20-10-6-7-11-22(20)34(32,33)29-23)24(31)28-25(16-26)12-13-30(17-25)15-19-8-4-3-5-9-19/h6-7,10-11,18-19,21H,3-5,8-9,12-15,17H2,1-2H3,(H,27,29)(H,28,31). The smallest absolute Gasteiger partial charge is 0.263 e. The van der Waals surface area contributed by atoms with Crippen molar-refractivity contribution in [2.45, 2.75) is 75.3 Å². The number of nitriles is 1. The van der Waals surface area contributed by atoms with E-state index in [1.807, 2.05) is 13.8 Å². The minimum Gasteiger partial charge on any atom is -0.335 e. The summed E-state index contributed by atoms with van der Waals surface area (Å²) in [7, 11) is -3.69. The highest BCUT2D eigenvalue weighted by Crippen LogP contribution is 2.29. The van der Waals surface area contributed by atoms with Crippen LogP contribution in [0.4, 0.5) is 0 Å². The van der Waals surface area contributed by atoms with E-state index in [1.165, 1.54) is 38.2 Å². The molecule has 1 aromatic carbocycles. The number of amidine groups is 1.